The van der Waals surface area contributed by atoms with Gasteiger partial charge in [-0.15, -0.1) is 0 Å². The van der Waals surface area contributed by atoms with Gasteiger partial charge in [0, 0.05) is 20.7 Å². The van der Waals surface area contributed by atoms with Crippen molar-refractivity contribution in [2.45, 2.75) is 0 Å². The summed E-state index contributed by atoms with van der Waals surface area (Å²) in [6.45, 7) is 0. The normalized spacial score (nSPS) is 10.1. The zero-order chi connectivity index (χ0) is 21.5. The smallest absolute Gasteiger partial charge is 0.278 e. The first-order valence-corrected chi connectivity index (χ1v) is 10.6. The number of nitro groups is 1. The van der Waals surface area contributed by atoms with Crippen molar-refractivity contribution in [3.05, 3.63) is 116 Å². The lowest BCUT2D eigenvalue weighted by Crippen LogP contribution is -1.91. The number of nitro benzene ring substituents is 1. The van der Waals surface area contributed by atoms with Crippen LogP contribution in [0.5, 0.6) is 0 Å². The van der Waals surface area contributed by atoms with Crippen molar-refractivity contribution in [2.75, 3.05) is 5.73 Å². The number of hydrogen-bond donors (Lipinski definition) is 1. The Kier molecular flexibility index (Phi) is 7.38. The quantitative estimate of drug-likeness (QED) is 0.169. The van der Waals surface area contributed by atoms with E-state index in [0.717, 1.165) is 21.3 Å². The third-order valence-electron chi connectivity index (χ3n) is 4.27. The van der Waals surface area contributed by atoms with Crippen molar-refractivity contribution in [3.63, 3.8) is 0 Å². The minimum Gasteiger partial charge on any atom is -0.399 e. The van der Waals surface area contributed by atoms with Gasteiger partial charge >= 0.3 is 0 Å². The van der Waals surface area contributed by atoms with Crippen molar-refractivity contribution >= 4 is 43.2 Å². The van der Waals surface area contributed by atoms with Gasteiger partial charge in [-0.3, -0.25) is 10.1 Å². The first kappa shape index (κ1) is 21.7. The second-order valence-electron chi connectivity index (χ2n) is 6.42. The fraction of sp³-hybridized carbons (Fsp3) is 0. The molecule has 0 aromatic heterocycles. The standard InChI is InChI=1S/C12H8BrNO2.C12H10BrN/c13-10-6-7-11(12(8-10)14(15)16)9-4-2-1-3-5-9;13-11-6-10(7-12(14)8-11)9-4-2-1-3-5-9/h1-8H;1-8H,14H2. The van der Waals surface area contributed by atoms with Crippen molar-refractivity contribution in [3.8, 4) is 22.3 Å². The molecule has 0 bridgehead atoms. The summed E-state index contributed by atoms with van der Waals surface area (Å²) in [7, 11) is 0. The molecule has 2 N–H and O–H groups in total. The van der Waals surface area contributed by atoms with Crippen LogP contribution in [0.3, 0.4) is 0 Å². The average molecular weight is 526 g/mol. The molecule has 0 radical (unpaired) electrons. The summed E-state index contributed by atoms with van der Waals surface area (Å²) in [4.78, 5) is 10.6. The maximum atomic E-state index is 10.9. The second-order valence-corrected chi connectivity index (χ2v) is 8.26. The van der Waals surface area contributed by atoms with E-state index in [1.807, 2.05) is 60.7 Å². The highest BCUT2D eigenvalue weighted by Crippen LogP contribution is 2.32. The van der Waals surface area contributed by atoms with Gasteiger partial charge in [0.15, 0.2) is 0 Å². The molecule has 0 aliphatic rings. The number of halogens is 2. The number of rotatable bonds is 3. The lowest BCUT2D eigenvalue weighted by molar-refractivity contribution is -0.384. The summed E-state index contributed by atoms with van der Waals surface area (Å²) in [5, 5.41) is 10.9. The molecule has 4 nitrogen and oxygen atoms in total. The molecule has 150 valence electrons. The van der Waals surface area contributed by atoms with Gasteiger partial charge in [0.25, 0.3) is 5.69 Å². The van der Waals surface area contributed by atoms with Crippen molar-refractivity contribution in [2.24, 2.45) is 0 Å². The van der Waals surface area contributed by atoms with Gasteiger partial charge in [-0.05, 0) is 47.0 Å². The highest BCUT2D eigenvalue weighted by molar-refractivity contribution is 9.10. The van der Waals surface area contributed by atoms with Gasteiger partial charge in [0.2, 0.25) is 0 Å². The Morgan fingerprint density at radius 3 is 1.83 bits per heavy atom. The van der Waals surface area contributed by atoms with Crippen molar-refractivity contribution in [1.82, 2.24) is 0 Å². The van der Waals surface area contributed by atoms with E-state index in [1.54, 1.807) is 12.1 Å². The molecule has 0 spiro atoms. The largest absolute Gasteiger partial charge is 0.399 e. The van der Waals surface area contributed by atoms with Gasteiger partial charge in [0.1, 0.15) is 0 Å². The van der Waals surface area contributed by atoms with Crippen LogP contribution in [0, 0.1) is 10.1 Å². The molecule has 30 heavy (non-hydrogen) atoms. The number of nitrogens with zero attached hydrogens (tertiary/aromatic N) is 1. The Labute approximate surface area is 191 Å². The summed E-state index contributed by atoms with van der Waals surface area (Å²) in [5.74, 6) is 0. The fourth-order valence-electron chi connectivity index (χ4n) is 2.93. The van der Waals surface area contributed by atoms with Crippen LogP contribution in [0.25, 0.3) is 22.3 Å². The van der Waals surface area contributed by atoms with E-state index in [2.05, 4.69) is 50.1 Å². The van der Waals surface area contributed by atoms with Crippen LogP contribution in [0.1, 0.15) is 0 Å². The van der Waals surface area contributed by atoms with E-state index >= 15 is 0 Å². The first-order valence-electron chi connectivity index (χ1n) is 9.05. The maximum Gasteiger partial charge on any atom is 0.278 e. The minimum atomic E-state index is -0.368. The minimum absolute atomic E-state index is 0.112. The Hall–Kier alpha value is -2.96. The third kappa shape index (κ3) is 5.78. The molecule has 0 saturated carbocycles. The molecule has 0 fully saturated rings. The number of nitrogens with two attached hydrogens (primary N) is 1. The predicted octanol–water partition coefficient (Wildman–Crippen LogP) is 7.72. The first-order chi connectivity index (χ1) is 14.4. The number of nitrogen functional groups attached to an aromatic ring is 1. The highest BCUT2D eigenvalue weighted by atomic mass is 79.9. The Morgan fingerprint density at radius 1 is 0.667 bits per heavy atom. The topological polar surface area (TPSA) is 69.2 Å². The fourth-order valence-corrected chi connectivity index (χ4v) is 3.79. The molecular formula is C24H18Br2N2O2. The van der Waals surface area contributed by atoms with E-state index in [4.69, 9.17) is 5.73 Å². The van der Waals surface area contributed by atoms with Gasteiger partial charge in [-0.25, -0.2) is 0 Å². The molecule has 4 aromatic carbocycles. The number of hydrogen-bond acceptors (Lipinski definition) is 3. The van der Waals surface area contributed by atoms with Crippen molar-refractivity contribution in [1.29, 1.82) is 0 Å². The zero-order valence-electron chi connectivity index (χ0n) is 15.8. The molecule has 0 unspecified atom stereocenters. The molecular weight excluding hydrogens is 508 g/mol. The van der Waals surface area contributed by atoms with E-state index in [-0.39, 0.29) is 10.6 Å². The van der Waals surface area contributed by atoms with E-state index in [9.17, 15) is 10.1 Å². The summed E-state index contributed by atoms with van der Waals surface area (Å²) >= 11 is 6.66. The van der Waals surface area contributed by atoms with Crippen LogP contribution in [-0.2, 0) is 0 Å². The lowest BCUT2D eigenvalue weighted by Gasteiger charge is -2.03. The molecule has 4 rings (SSSR count). The highest BCUT2D eigenvalue weighted by Gasteiger charge is 2.15. The van der Waals surface area contributed by atoms with Crippen LogP contribution in [0.4, 0.5) is 11.4 Å². The van der Waals surface area contributed by atoms with Gasteiger partial charge < -0.3 is 5.73 Å². The lowest BCUT2D eigenvalue weighted by atomic mass is 10.0. The molecule has 0 saturated heterocycles. The van der Waals surface area contributed by atoms with Gasteiger partial charge in [0.05, 0.1) is 10.5 Å². The predicted molar refractivity (Wildman–Crippen MR) is 130 cm³/mol. The summed E-state index contributed by atoms with van der Waals surface area (Å²) in [5.41, 5.74) is 10.5. The molecule has 0 heterocycles. The average Bonchev–Trinajstić information content (AvgIpc) is 2.75. The molecule has 6 heteroatoms. The Balaban J connectivity index is 0.000000172. The third-order valence-corrected chi connectivity index (χ3v) is 5.22. The number of anilines is 1. The van der Waals surface area contributed by atoms with Crippen molar-refractivity contribution < 1.29 is 4.92 Å². The maximum absolute atomic E-state index is 10.9. The monoisotopic (exact) mass is 524 g/mol. The molecule has 0 aliphatic heterocycles. The van der Waals surface area contributed by atoms with Crippen LogP contribution in [0.2, 0.25) is 0 Å². The molecule has 0 amide bonds. The number of benzene rings is 4. The summed E-state index contributed by atoms with van der Waals surface area (Å²) < 4.78 is 1.72. The van der Waals surface area contributed by atoms with Crippen LogP contribution >= 0.6 is 31.9 Å². The second kappa shape index (κ2) is 10.2. The Morgan fingerprint density at radius 2 is 1.27 bits per heavy atom. The molecule has 0 atom stereocenters. The zero-order valence-corrected chi connectivity index (χ0v) is 19.0. The summed E-state index contributed by atoms with van der Waals surface area (Å²) in [6.07, 6.45) is 0. The van der Waals surface area contributed by atoms with Gasteiger partial charge in [-0.2, -0.15) is 0 Å². The van der Waals surface area contributed by atoms with E-state index < -0.39 is 0 Å². The van der Waals surface area contributed by atoms with E-state index in [0.29, 0.717) is 10.0 Å². The Bertz CT molecular complexity index is 1130. The van der Waals surface area contributed by atoms with Crippen LogP contribution < -0.4 is 5.73 Å². The van der Waals surface area contributed by atoms with E-state index in [1.165, 1.54) is 11.6 Å². The summed E-state index contributed by atoms with van der Waals surface area (Å²) in [6, 6.07) is 30.5. The SMILES string of the molecule is Nc1cc(Br)cc(-c2ccccc2)c1.O=[N+]([O-])c1cc(Br)ccc1-c1ccccc1. The van der Waals surface area contributed by atoms with Gasteiger partial charge in [-0.1, -0.05) is 92.5 Å². The van der Waals surface area contributed by atoms with Crippen LogP contribution in [-0.4, -0.2) is 4.92 Å². The molecule has 0 aliphatic carbocycles. The molecule has 4 aromatic rings. The van der Waals surface area contributed by atoms with Crippen LogP contribution in [0.15, 0.2) is 106 Å².